The third-order valence-corrected chi connectivity index (χ3v) is 3.03. The van der Waals surface area contributed by atoms with Crippen molar-refractivity contribution in [2.75, 3.05) is 5.32 Å². The lowest BCUT2D eigenvalue weighted by atomic mass is 10.1. The van der Waals surface area contributed by atoms with Crippen LogP contribution in [-0.2, 0) is 0 Å². The number of pyridine rings is 1. The van der Waals surface area contributed by atoms with Crippen LogP contribution in [0.15, 0.2) is 36.4 Å². The minimum Gasteiger partial charge on any atom is -0.478 e. The fourth-order valence-corrected chi connectivity index (χ4v) is 1.91. The standard InChI is InChI=1S/C14H12ClFN2O2/c1-8(9-2-4-10(16)5-3-9)17-13-11(14(19)20)6-7-12(15)18-13/h2-8H,1H3,(H,17,18)(H,19,20). The van der Waals surface area contributed by atoms with Crippen molar-refractivity contribution in [2.24, 2.45) is 0 Å². The van der Waals surface area contributed by atoms with Gasteiger partial charge >= 0.3 is 5.97 Å². The molecule has 0 spiro atoms. The monoisotopic (exact) mass is 294 g/mol. The lowest BCUT2D eigenvalue weighted by molar-refractivity contribution is 0.0697. The Morgan fingerprint density at radius 1 is 1.30 bits per heavy atom. The number of anilines is 1. The Morgan fingerprint density at radius 3 is 2.55 bits per heavy atom. The summed E-state index contributed by atoms with van der Waals surface area (Å²) < 4.78 is 12.9. The highest BCUT2D eigenvalue weighted by Gasteiger charge is 2.15. The first kappa shape index (κ1) is 14.3. The maximum atomic E-state index is 12.9. The maximum absolute atomic E-state index is 12.9. The summed E-state index contributed by atoms with van der Waals surface area (Å²) in [6, 6.07) is 8.50. The third-order valence-electron chi connectivity index (χ3n) is 2.81. The van der Waals surface area contributed by atoms with Crippen LogP contribution in [0.4, 0.5) is 10.2 Å². The molecule has 0 aliphatic rings. The second kappa shape index (κ2) is 5.88. The zero-order valence-corrected chi connectivity index (χ0v) is 11.4. The van der Waals surface area contributed by atoms with Crippen LogP contribution >= 0.6 is 11.6 Å². The summed E-state index contributed by atoms with van der Waals surface area (Å²) in [6.45, 7) is 1.82. The van der Waals surface area contributed by atoms with Gasteiger partial charge in [-0.05, 0) is 36.8 Å². The Kier molecular flexibility index (Phi) is 4.20. The minimum absolute atomic E-state index is 0.0309. The van der Waals surface area contributed by atoms with Crippen molar-refractivity contribution < 1.29 is 14.3 Å². The molecule has 104 valence electrons. The predicted molar refractivity (Wildman–Crippen MR) is 74.6 cm³/mol. The van der Waals surface area contributed by atoms with Gasteiger partial charge in [0, 0.05) is 6.04 Å². The lowest BCUT2D eigenvalue weighted by Crippen LogP contribution is -2.12. The number of hydrogen-bond donors (Lipinski definition) is 2. The van der Waals surface area contributed by atoms with E-state index in [2.05, 4.69) is 10.3 Å². The fraction of sp³-hybridized carbons (Fsp3) is 0.143. The number of halogens is 2. The zero-order valence-electron chi connectivity index (χ0n) is 10.6. The molecule has 20 heavy (non-hydrogen) atoms. The highest BCUT2D eigenvalue weighted by molar-refractivity contribution is 6.29. The van der Waals surface area contributed by atoms with Gasteiger partial charge in [-0.3, -0.25) is 0 Å². The molecule has 1 unspecified atom stereocenters. The van der Waals surface area contributed by atoms with E-state index in [1.54, 1.807) is 12.1 Å². The topological polar surface area (TPSA) is 62.2 Å². The van der Waals surface area contributed by atoms with E-state index in [0.717, 1.165) is 5.56 Å². The molecule has 1 atom stereocenters. The van der Waals surface area contributed by atoms with Crippen LogP contribution in [0.3, 0.4) is 0 Å². The van der Waals surface area contributed by atoms with Crippen molar-refractivity contribution in [1.29, 1.82) is 0 Å². The Hall–Kier alpha value is -2.14. The smallest absolute Gasteiger partial charge is 0.339 e. The van der Waals surface area contributed by atoms with Crippen molar-refractivity contribution in [2.45, 2.75) is 13.0 Å². The number of carboxylic acids is 1. The van der Waals surface area contributed by atoms with Crippen LogP contribution < -0.4 is 5.32 Å². The molecule has 0 bridgehead atoms. The van der Waals surface area contributed by atoms with E-state index >= 15 is 0 Å². The molecule has 6 heteroatoms. The van der Waals surface area contributed by atoms with E-state index in [9.17, 15) is 9.18 Å². The van der Waals surface area contributed by atoms with Crippen molar-refractivity contribution in [1.82, 2.24) is 4.98 Å². The fourth-order valence-electron chi connectivity index (χ4n) is 1.76. The number of hydrogen-bond acceptors (Lipinski definition) is 3. The molecule has 2 rings (SSSR count). The highest BCUT2D eigenvalue weighted by atomic mass is 35.5. The Bertz CT molecular complexity index is 632. The van der Waals surface area contributed by atoms with Gasteiger partial charge in [-0.25, -0.2) is 14.2 Å². The highest BCUT2D eigenvalue weighted by Crippen LogP contribution is 2.22. The van der Waals surface area contributed by atoms with E-state index in [4.69, 9.17) is 16.7 Å². The number of nitrogens with zero attached hydrogens (tertiary/aromatic N) is 1. The Labute approximate surface area is 120 Å². The SMILES string of the molecule is CC(Nc1nc(Cl)ccc1C(=O)O)c1ccc(F)cc1. The molecular weight excluding hydrogens is 283 g/mol. The summed E-state index contributed by atoms with van der Waals surface area (Å²) >= 11 is 5.78. The second-order valence-corrected chi connectivity index (χ2v) is 4.64. The van der Waals surface area contributed by atoms with Crippen molar-refractivity contribution in [3.63, 3.8) is 0 Å². The summed E-state index contributed by atoms with van der Waals surface area (Å²) in [6.07, 6.45) is 0. The number of carbonyl (C=O) groups is 1. The normalized spacial score (nSPS) is 11.9. The summed E-state index contributed by atoms with van der Waals surface area (Å²) in [7, 11) is 0. The molecule has 0 radical (unpaired) electrons. The number of rotatable bonds is 4. The van der Waals surface area contributed by atoms with Crippen LogP contribution in [0.1, 0.15) is 28.9 Å². The summed E-state index contributed by atoms with van der Waals surface area (Å²) in [4.78, 5) is 15.1. The second-order valence-electron chi connectivity index (χ2n) is 4.25. The first-order chi connectivity index (χ1) is 9.47. The van der Waals surface area contributed by atoms with Gasteiger partial charge in [-0.1, -0.05) is 23.7 Å². The van der Waals surface area contributed by atoms with E-state index < -0.39 is 5.97 Å². The molecule has 2 aromatic rings. The van der Waals surface area contributed by atoms with Gasteiger partial charge in [0.25, 0.3) is 0 Å². The molecule has 0 saturated carbocycles. The first-order valence-corrected chi connectivity index (χ1v) is 6.27. The largest absolute Gasteiger partial charge is 0.478 e. The molecule has 0 aliphatic carbocycles. The lowest BCUT2D eigenvalue weighted by Gasteiger charge is -2.16. The molecule has 0 amide bonds. The molecule has 0 fully saturated rings. The Morgan fingerprint density at radius 2 is 1.95 bits per heavy atom. The predicted octanol–water partition coefficient (Wildman–Crippen LogP) is 3.75. The molecule has 0 saturated heterocycles. The summed E-state index contributed by atoms with van der Waals surface area (Å²) in [5.74, 6) is -1.24. The first-order valence-electron chi connectivity index (χ1n) is 5.89. The van der Waals surface area contributed by atoms with Gasteiger partial charge in [-0.15, -0.1) is 0 Å². The molecule has 2 N–H and O–H groups in total. The van der Waals surface area contributed by atoms with Crippen LogP contribution in [0.2, 0.25) is 5.15 Å². The van der Waals surface area contributed by atoms with Gasteiger partial charge in [0.2, 0.25) is 0 Å². The number of benzene rings is 1. The third kappa shape index (κ3) is 3.24. The molecular formula is C14H12ClFN2O2. The molecule has 0 aliphatic heterocycles. The minimum atomic E-state index is -1.09. The molecule has 1 aromatic carbocycles. The van der Waals surface area contributed by atoms with Crippen molar-refractivity contribution in [3.8, 4) is 0 Å². The molecule has 4 nitrogen and oxygen atoms in total. The van der Waals surface area contributed by atoms with Gasteiger partial charge < -0.3 is 10.4 Å². The van der Waals surface area contributed by atoms with Crippen molar-refractivity contribution in [3.05, 3.63) is 58.5 Å². The van der Waals surface area contributed by atoms with E-state index in [-0.39, 0.29) is 28.4 Å². The summed E-state index contributed by atoms with van der Waals surface area (Å²) in [5.41, 5.74) is 0.841. The summed E-state index contributed by atoms with van der Waals surface area (Å²) in [5, 5.41) is 12.3. The number of nitrogens with one attached hydrogen (secondary N) is 1. The van der Waals surface area contributed by atoms with Crippen LogP contribution in [0, 0.1) is 5.82 Å². The number of aromatic nitrogens is 1. The van der Waals surface area contributed by atoms with E-state index in [1.165, 1.54) is 24.3 Å². The average molecular weight is 295 g/mol. The Balaban J connectivity index is 2.27. The van der Waals surface area contributed by atoms with Crippen LogP contribution in [0.25, 0.3) is 0 Å². The molecule has 1 aromatic heterocycles. The number of carboxylic acid groups (broad SMARTS) is 1. The van der Waals surface area contributed by atoms with Gasteiger partial charge in [0.1, 0.15) is 22.4 Å². The van der Waals surface area contributed by atoms with Crippen LogP contribution in [0.5, 0.6) is 0 Å². The van der Waals surface area contributed by atoms with Crippen molar-refractivity contribution >= 4 is 23.4 Å². The van der Waals surface area contributed by atoms with Gasteiger partial charge in [0.05, 0.1) is 0 Å². The van der Waals surface area contributed by atoms with Crippen LogP contribution in [-0.4, -0.2) is 16.1 Å². The van der Waals surface area contributed by atoms with E-state index in [0.29, 0.717) is 0 Å². The van der Waals surface area contributed by atoms with Gasteiger partial charge in [-0.2, -0.15) is 0 Å². The van der Waals surface area contributed by atoms with Gasteiger partial charge in [0.15, 0.2) is 0 Å². The average Bonchev–Trinajstić information content (AvgIpc) is 2.39. The number of aromatic carboxylic acids is 1. The maximum Gasteiger partial charge on any atom is 0.339 e. The van der Waals surface area contributed by atoms with E-state index in [1.807, 2.05) is 6.92 Å². The zero-order chi connectivity index (χ0) is 14.7. The molecule has 1 heterocycles. The quantitative estimate of drug-likeness (QED) is 0.843.